The van der Waals surface area contributed by atoms with Gasteiger partial charge in [0.1, 0.15) is 5.52 Å². The van der Waals surface area contributed by atoms with Crippen molar-refractivity contribution in [2.24, 2.45) is 0 Å². The molecule has 2 aromatic heterocycles. The van der Waals surface area contributed by atoms with Crippen molar-refractivity contribution >= 4 is 16.9 Å². The summed E-state index contributed by atoms with van der Waals surface area (Å²) in [6.45, 7) is 5.61. The Labute approximate surface area is 97.0 Å². The Bertz CT molecular complexity index is 664. The van der Waals surface area contributed by atoms with E-state index in [1.165, 1.54) is 10.8 Å². The molecule has 0 aromatic carbocycles. The maximum absolute atomic E-state index is 12.0. The molecular formula is C12H12N2O3. The number of allylic oxidation sites excluding steroid dienone is 1. The fourth-order valence-electron chi connectivity index (χ4n) is 1.84. The van der Waals surface area contributed by atoms with Crippen molar-refractivity contribution in [3.63, 3.8) is 0 Å². The van der Waals surface area contributed by atoms with Crippen LogP contribution in [0.15, 0.2) is 29.7 Å². The first-order valence-electron chi connectivity index (χ1n) is 5.11. The number of carboxylic acid groups (broad SMARTS) is 1. The van der Waals surface area contributed by atoms with Gasteiger partial charge >= 0.3 is 5.97 Å². The number of H-pyrrole nitrogens is 1. The van der Waals surface area contributed by atoms with Crippen LogP contribution in [0, 0.1) is 6.92 Å². The molecular weight excluding hydrogens is 220 g/mol. The Morgan fingerprint density at radius 2 is 2.35 bits per heavy atom. The largest absolute Gasteiger partial charge is 0.478 e. The molecule has 0 saturated carbocycles. The van der Waals surface area contributed by atoms with Crippen LogP contribution in [0.4, 0.5) is 0 Å². The summed E-state index contributed by atoms with van der Waals surface area (Å²) in [7, 11) is 0. The van der Waals surface area contributed by atoms with Crippen molar-refractivity contribution < 1.29 is 9.90 Å². The van der Waals surface area contributed by atoms with Gasteiger partial charge in [0.15, 0.2) is 0 Å². The Balaban J connectivity index is 2.88. The summed E-state index contributed by atoms with van der Waals surface area (Å²) < 4.78 is 1.33. The normalized spacial score (nSPS) is 10.6. The first-order chi connectivity index (χ1) is 8.04. The predicted molar refractivity (Wildman–Crippen MR) is 64.5 cm³/mol. The second-order valence-electron chi connectivity index (χ2n) is 3.84. The number of pyridine rings is 1. The first kappa shape index (κ1) is 11.2. The zero-order valence-corrected chi connectivity index (χ0v) is 9.36. The highest BCUT2D eigenvalue weighted by molar-refractivity contribution is 6.02. The summed E-state index contributed by atoms with van der Waals surface area (Å²) in [6, 6.07) is 1.67. The van der Waals surface area contributed by atoms with Gasteiger partial charge in [-0.1, -0.05) is 6.08 Å². The van der Waals surface area contributed by atoms with Crippen LogP contribution < -0.4 is 5.56 Å². The van der Waals surface area contributed by atoms with Crippen LogP contribution in [-0.4, -0.2) is 20.6 Å². The molecule has 2 heterocycles. The van der Waals surface area contributed by atoms with E-state index in [0.717, 1.165) is 5.69 Å². The molecule has 0 unspecified atom stereocenters. The third-order valence-corrected chi connectivity index (χ3v) is 2.56. The number of carbonyl (C=O) groups is 1. The van der Waals surface area contributed by atoms with Crippen molar-refractivity contribution in [1.29, 1.82) is 0 Å². The number of hydrogen-bond donors (Lipinski definition) is 2. The van der Waals surface area contributed by atoms with Crippen molar-refractivity contribution in [3.05, 3.63) is 46.5 Å². The van der Waals surface area contributed by atoms with Gasteiger partial charge < -0.3 is 14.7 Å². The smallest absolute Gasteiger partial charge is 0.337 e. The highest BCUT2D eigenvalue weighted by atomic mass is 16.4. The van der Waals surface area contributed by atoms with Crippen molar-refractivity contribution in [2.75, 3.05) is 0 Å². The SMILES string of the molecule is C=CCn1cc(C(=O)O)c2cc(C)[nH]c2c1=O. The Hall–Kier alpha value is -2.30. The highest BCUT2D eigenvalue weighted by Crippen LogP contribution is 2.16. The number of nitrogens with one attached hydrogen (secondary N) is 1. The predicted octanol–water partition coefficient (Wildman–Crippen LogP) is 1.52. The number of fused-ring (bicyclic) bond motifs is 1. The second kappa shape index (κ2) is 3.93. The van der Waals surface area contributed by atoms with Crippen molar-refractivity contribution in [3.8, 4) is 0 Å². The Morgan fingerprint density at radius 3 is 2.94 bits per heavy atom. The Kier molecular flexibility index (Phi) is 2.59. The van der Waals surface area contributed by atoms with Crippen LogP contribution in [0.2, 0.25) is 0 Å². The van der Waals surface area contributed by atoms with E-state index in [-0.39, 0.29) is 17.7 Å². The van der Waals surface area contributed by atoms with E-state index >= 15 is 0 Å². The minimum atomic E-state index is -1.05. The van der Waals surface area contributed by atoms with E-state index in [9.17, 15) is 9.59 Å². The van der Waals surface area contributed by atoms with Gasteiger partial charge in [0.25, 0.3) is 5.56 Å². The molecule has 0 aliphatic rings. The zero-order valence-electron chi connectivity index (χ0n) is 9.36. The molecule has 2 rings (SSSR count). The topological polar surface area (TPSA) is 75.1 Å². The molecule has 0 bridgehead atoms. The minimum Gasteiger partial charge on any atom is -0.478 e. The molecule has 0 radical (unpaired) electrons. The fraction of sp³-hybridized carbons (Fsp3) is 0.167. The zero-order chi connectivity index (χ0) is 12.6. The van der Waals surface area contributed by atoms with Crippen LogP contribution in [0.3, 0.4) is 0 Å². The summed E-state index contributed by atoms with van der Waals surface area (Å²) in [4.78, 5) is 26.0. The molecule has 5 heteroatoms. The molecule has 17 heavy (non-hydrogen) atoms. The van der Waals surface area contributed by atoms with Gasteiger partial charge in [-0.2, -0.15) is 0 Å². The van der Waals surface area contributed by atoms with E-state index in [1.807, 2.05) is 0 Å². The monoisotopic (exact) mass is 232 g/mol. The molecule has 0 atom stereocenters. The van der Waals surface area contributed by atoms with Gasteiger partial charge in [-0.25, -0.2) is 4.79 Å². The molecule has 0 fully saturated rings. The highest BCUT2D eigenvalue weighted by Gasteiger charge is 2.15. The molecule has 5 nitrogen and oxygen atoms in total. The summed E-state index contributed by atoms with van der Waals surface area (Å²) >= 11 is 0. The lowest BCUT2D eigenvalue weighted by Crippen LogP contribution is -2.21. The van der Waals surface area contributed by atoms with Gasteiger partial charge in [0.05, 0.1) is 5.56 Å². The fourth-order valence-corrected chi connectivity index (χ4v) is 1.84. The Morgan fingerprint density at radius 1 is 1.65 bits per heavy atom. The van der Waals surface area contributed by atoms with Crippen LogP contribution in [0.5, 0.6) is 0 Å². The maximum Gasteiger partial charge on any atom is 0.337 e. The standard InChI is InChI=1S/C12H12N2O3/c1-3-4-14-6-9(12(16)17)8-5-7(2)13-10(8)11(14)15/h3,5-6,13H,1,4H2,2H3,(H,16,17). The van der Waals surface area contributed by atoms with E-state index in [1.54, 1.807) is 19.1 Å². The first-order valence-corrected chi connectivity index (χ1v) is 5.11. The third-order valence-electron chi connectivity index (χ3n) is 2.56. The summed E-state index contributed by atoms with van der Waals surface area (Å²) in [5.41, 5.74) is 0.962. The van der Waals surface area contributed by atoms with Crippen LogP contribution in [-0.2, 0) is 6.54 Å². The third kappa shape index (κ3) is 1.75. The molecule has 0 spiro atoms. The van der Waals surface area contributed by atoms with Gasteiger partial charge in [0.2, 0.25) is 0 Å². The molecule has 0 aliphatic heterocycles. The average Bonchev–Trinajstić information content (AvgIpc) is 2.64. The van der Waals surface area contributed by atoms with Crippen LogP contribution in [0.1, 0.15) is 16.1 Å². The second-order valence-corrected chi connectivity index (χ2v) is 3.84. The lowest BCUT2D eigenvalue weighted by molar-refractivity contribution is 0.0698. The van der Waals surface area contributed by atoms with Crippen LogP contribution in [0.25, 0.3) is 10.9 Å². The average molecular weight is 232 g/mol. The number of carboxylic acids is 1. The number of aromatic nitrogens is 2. The summed E-state index contributed by atoms with van der Waals surface area (Å²) in [5.74, 6) is -1.05. The molecule has 0 saturated heterocycles. The van der Waals surface area contributed by atoms with Gasteiger partial charge in [-0.05, 0) is 13.0 Å². The molecule has 2 N–H and O–H groups in total. The number of hydrogen-bond acceptors (Lipinski definition) is 2. The molecule has 0 amide bonds. The van der Waals surface area contributed by atoms with E-state index < -0.39 is 5.97 Å². The minimum absolute atomic E-state index is 0.116. The summed E-state index contributed by atoms with van der Waals surface area (Å²) in [6.07, 6.45) is 2.90. The molecule has 0 aliphatic carbocycles. The molecule has 88 valence electrons. The molecule has 2 aromatic rings. The quantitative estimate of drug-likeness (QED) is 0.788. The number of rotatable bonds is 3. The lowest BCUT2D eigenvalue weighted by atomic mass is 10.2. The number of nitrogens with zero attached hydrogens (tertiary/aromatic N) is 1. The number of aromatic amines is 1. The van der Waals surface area contributed by atoms with Gasteiger partial charge in [-0.3, -0.25) is 4.79 Å². The van der Waals surface area contributed by atoms with Crippen LogP contribution >= 0.6 is 0 Å². The van der Waals surface area contributed by atoms with E-state index in [4.69, 9.17) is 5.11 Å². The van der Waals surface area contributed by atoms with Crippen molar-refractivity contribution in [1.82, 2.24) is 9.55 Å². The van der Waals surface area contributed by atoms with Crippen molar-refractivity contribution in [2.45, 2.75) is 13.5 Å². The van der Waals surface area contributed by atoms with E-state index in [2.05, 4.69) is 11.6 Å². The van der Waals surface area contributed by atoms with E-state index in [0.29, 0.717) is 10.9 Å². The van der Waals surface area contributed by atoms with Gasteiger partial charge in [0, 0.05) is 23.8 Å². The maximum atomic E-state index is 12.0. The number of aromatic carboxylic acids is 1. The van der Waals surface area contributed by atoms with Gasteiger partial charge in [-0.15, -0.1) is 6.58 Å². The summed E-state index contributed by atoms with van der Waals surface area (Å²) in [5, 5.41) is 9.57. The number of aryl methyl sites for hydroxylation is 1. The lowest BCUT2D eigenvalue weighted by Gasteiger charge is -2.04.